The molecule has 18 heavy (non-hydrogen) atoms. The van der Waals surface area contributed by atoms with Crippen molar-refractivity contribution in [2.24, 2.45) is 0 Å². The normalized spacial score (nSPS) is 27.0. The van der Waals surface area contributed by atoms with Crippen molar-refractivity contribution in [1.29, 1.82) is 0 Å². The van der Waals surface area contributed by atoms with Gasteiger partial charge in [0.2, 0.25) is 5.95 Å². The summed E-state index contributed by atoms with van der Waals surface area (Å²) in [5, 5.41) is 3.27. The highest BCUT2D eigenvalue weighted by Crippen LogP contribution is 2.29. The molecule has 2 heterocycles. The van der Waals surface area contributed by atoms with Gasteiger partial charge in [-0.1, -0.05) is 0 Å². The predicted molar refractivity (Wildman–Crippen MR) is 65.0 cm³/mol. The first kappa shape index (κ1) is 12.8. The van der Waals surface area contributed by atoms with E-state index in [0.29, 0.717) is 5.95 Å². The number of ether oxygens (including phenoxy) is 3. The summed E-state index contributed by atoms with van der Waals surface area (Å²) in [6, 6.07) is 0.444. The van der Waals surface area contributed by atoms with Crippen molar-refractivity contribution in [3.63, 3.8) is 0 Å². The van der Waals surface area contributed by atoms with Gasteiger partial charge in [0.15, 0.2) is 0 Å². The van der Waals surface area contributed by atoms with Gasteiger partial charge in [0.05, 0.1) is 25.9 Å². The summed E-state index contributed by atoms with van der Waals surface area (Å²) >= 11 is 0. The van der Waals surface area contributed by atoms with E-state index in [0.717, 1.165) is 13.0 Å². The average Bonchev–Trinajstić information content (AvgIpc) is 2.68. The highest BCUT2D eigenvalue weighted by molar-refractivity contribution is 5.32. The molecule has 1 aromatic heterocycles. The van der Waals surface area contributed by atoms with Crippen LogP contribution in [0.25, 0.3) is 0 Å². The Morgan fingerprint density at radius 1 is 1.22 bits per heavy atom. The largest absolute Gasteiger partial charge is 0.467 e. The van der Waals surface area contributed by atoms with Gasteiger partial charge in [-0.2, -0.15) is 9.97 Å². The molecule has 7 heteroatoms. The third-order valence-corrected chi connectivity index (χ3v) is 3.24. The molecule has 2 unspecified atom stereocenters. The van der Waals surface area contributed by atoms with Gasteiger partial charge in [0.25, 0.3) is 0 Å². The second-order valence-electron chi connectivity index (χ2n) is 4.44. The molecular weight excluding hydrogens is 236 g/mol. The Bertz CT molecular complexity index is 406. The first-order valence-electron chi connectivity index (χ1n) is 5.81. The quantitative estimate of drug-likeness (QED) is 0.854. The molecule has 2 atom stereocenters. The summed E-state index contributed by atoms with van der Waals surface area (Å²) in [5.74, 6) is 0.429. The number of nitrogens with one attached hydrogen (secondary N) is 1. The van der Waals surface area contributed by atoms with E-state index in [1.54, 1.807) is 0 Å². The predicted octanol–water partition coefficient (Wildman–Crippen LogP) is 0.868. The summed E-state index contributed by atoms with van der Waals surface area (Å²) in [6.45, 7) is 4.83. The monoisotopic (exact) mass is 254 g/mol. The minimum Gasteiger partial charge on any atom is -0.467 e. The number of anilines is 1. The van der Waals surface area contributed by atoms with Crippen LogP contribution in [0.1, 0.15) is 20.3 Å². The molecule has 0 radical (unpaired) electrons. The van der Waals surface area contributed by atoms with E-state index < -0.39 is 0 Å². The zero-order valence-electron chi connectivity index (χ0n) is 11.1. The second kappa shape index (κ2) is 4.93. The van der Waals surface area contributed by atoms with Crippen LogP contribution in [-0.2, 0) is 4.74 Å². The Kier molecular flexibility index (Phi) is 3.51. The lowest BCUT2D eigenvalue weighted by Crippen LogP contribution is -2.41. The van der Waals surface area contributed by atoms with E-state index in [9.17, 15) is 0 Å². The highest BCUT2D eigenvalue weighted by atomic mass is 16.5. The Hall–Kier alpha value is -1.63. The lowest BCUT2D eigenvalue weighted by atomic mass is 9.95. The summed E-state index contributed by atoms with van der Waals surface area (Å²) in [5.41, 5.74) is -0.197. The number of nitrogens with zero attached hydrogens (tertiary/aromatic N) is 3. The lowest BCUT2D eigenvalue weighted by molar-refractivity contribution is 0.105. The van der Waals surface area contributed by atoms with Gasteiger partial charge in [-0.15, -0.1) is 4.98 Å². The first-order chi connectivity index (χ1) is 8.57. The number of hydrogen-bond donors (Lipinski definition) is 1. The van der Waals surface area contributed by atoms with Crippen LogP contribution in [0.5, 0.6) is 12.0 Å². The Morgan fingerprint density at radius 3 is 2.28 bits per heavy atom. The summed E-state index contributed by atoms with van der Waals surface area (Å²) in [4.78, 5) is 12.3. The molecule has 7 nitrogen and oxygen atoms in total. The van der Waals surface area contributed by atoms with E-state index in [-0.39, 0.29) is 23.7 Å². The van der Waals surface area contributed by atoms with Crippen LogP contribution in [0.2, 0.25) is 0 Å². The Balaban J connectivity index is 2.22. The lowest BCUT2D eigenvalue weighted by Gasteiger charge is -2.28. The molecule has 0 amide bonds. The topological polar surface area (TPSA) is 78.4 Å². The van der Waals surface area contributed by atoms with Crippen molar-refractivity contribution < 1.29 is 14.2 Å². The molecule has 1 aliphatic rings. The van der Waals surface area contributed by atoms with Crippen molar-refractivity contribution in [1.82, 2.24) is 15.0 Å². The van der Waals surface area contributed by atoms with Gasteiger partial charge >= 0.3 is 12.0 Å². The van der Waals surface area contributed by atoms with Crippen LogP contribution in [0.3, 0.4) is 0 Å². The van der Waals surface area contributed by atoms with E-state index >= 15 is 0 Å². The number of aromatic nitrogens is 3. The van der Waals surface area contributed by atoms with Crippen molar-refractivity contribution in [3.05, 3.63) is 0 Å². The molecule has 100 valence electrons. The maximum atomic E-state index is 5.56. The first-order valence-corrected chi connectivity index (χ1v) is 5.81. The molecule has 1 aliphatic heterocycles. The maximum Gasteiger partial charge on any atom is 0.324 e. The fourth-order valence-corrected chi connectivity index (χ4v) is 1.83. The number of hydrogen-bond acceptors (Lipinski definition) is 7. The molecule has 0 aromatic carbocycles. The van der Waals surface area contributed by atoms with Crippen molar-refractivity contribution in [2.45, 2.75) is 31.9 Å². The zero-order chi connectivity index (χ0) is 13.2. The van der Waals surface area contributed by atoms with Crippen molar-refractivity contribution >= 4 is 5.95 Å². The van der Waals surface area contributed by atoms with Gasteiger partial charge in [-0.25, -0.2) is 0 Å². The molecule has 0 bridgehead atoms. The van der Waals surface area contributed by atoms with Gasteiger partial charge in [0.1, 0.15) is 0 Å². The number of rotatable bonds is 4. The van der Waals surface area contributed by atoms with Crippen LogP contribution in [0.15, 0.2) is 0 Å². The standard InChI is InChI=1S/C11H18N4O3/c1-7-11(2,5-6-18-7)15-8-12-9(16-3)14-10(13-8)17-4/h7H,5-6H2,1-4H3,(H,12,13,14,15). The van der Waals surface area contributed by atoms with Crippen LogP contribution in [-0.4, -0.2) is 47.4 Å². The summed E-state index contributed by atoms with van der Waals surface area (Å²) in [7, 11) is 3.00. The maximum absolute atomic E-state index is 5.56. The zero-order valence-corrected chi connectivity index (χ0v) is 11.1. The van der Waals surface area contributed by atoms with E-state index in [2.05, 4.69) is 27.2 Å². The van der Waals surface area contributed by atoms with Crippen LogP contribution in [0.4, 0.5) is 5.95 Å². The molecular formula is C11H18N4O3. The van der Waals surface area contributed by atoms with E-state index in [4.69, 9.17) is 14.2 Å². The second-order valence-corrected chi connectivity index (χ2v) is 4.44. The Morgan fingerprint density at radius 2 is 1.83 bits per heavy atom. The van der Waals surface area contributed by atoms with Gasteiger partial charge in [-0.3, -0.25) is 0 Å². The smallest absolute Gasteiger partial charge is 0.324 e. The molecule has 1 fully saturated rings. The van der Waals surface area contributed by atoms with Crippen molar-refractivity contribution in [3.8, 4) is 12.0 Å². The molecule has 0 saturated carbocycles. The molecule has 1 saturated heterocycles. The Labute approximate surface area is 106 Å². The van der Waals surface area contributed by atoms with Crippen molar-refractivity contribution in [2.75, 3.05) is 26.1 Å². The minimum atomic E-state index is -0.197. The van der Waals surface area contributed by atoms with Gasteiger partial charge in [-0.05, 0) is 20.3 Å². The SMILES string of the molecule is COc1nc(NC2(C)CCOC2C)nc(OC)n1. The molecule has 0 spiro atoms. The molecule has 0 aliphatic carbocycles. The van der Waals surface area contributed by atoms with Crippen LogP contribution < -0.4 is 14.8 Å². The van der Waals surface area contributed by atoms with Gasteiger partial charge in [0, 0.05) is 6.61 Å². The van der Waals surface area contributed by atoms with E-state index in [1.807, 2.05) is 6.92 Å². The molecule has 1 aromatic rings. The molecule has 2 rings (SSSR count). The van der Waals surface area contributed by atoms with Crippen LogP contribution in [0, 0.1) is 0 Å². The minimum absolute atomic E-state index is 0.0891. The average molecular weight is 254 g/mol. The van der Waals surface area contributed by atoms with Gasteiger partial charge < -0.3 is 19.5 Å². The fourth-order valence-electron chi connectivity index (χ4n) is 1.83. The third-order valence-electron chi connectivity index (χ3n) is 3.24. The van der Waals surface area contributed by atoms with Crippen LogP contribution >= 0.6 is 0 Å². The highest BCUT2D eigenvalue weighted by Gasteiger charge is 2.37. The summed E-state index contributed by atoms with van der Waals surface area (Å²) < 4.78 is 15.6. The third kappa shape index (κ3) is 2.45. The van der Waals surface area contributed by atoms with E-state index in [1.165, 1.54) is 14.2 Å². The fraction of sp³-hybridized carbons (Fsp3) is 0.727. The number of methoxy groups -OCH3 is 2. The summed E-state index contributed by atoms with van der Waals surface area (Å²) in [6.07, 6.45) is 0.982. The molecule has 1 N–H and O–H groups in total.